The molecule has 2 heterocycles. The molecule has 1 aromatic rings. The van der Waals surface area contributed by atoms with Crippen molar-refractivity contribution in [2.24, 2.45) is 0 Å². The van der Waals surface area contributed by atoms with E-state index in [9.17, 15) is 13.2 Å². The molecule has 132 valence electrons. The highest BCUT2D eigenvalue weighted by molar-refractivity contribution is 7.91. The van der Waals surface area contributed by atoms with Crippen LogP contribution in [-0.2, 0) is 9.84 Å². The summed E-state index contributed by atoms with van der Waals surface area (Å²) in [7, 11) is -3.02. The van der Waals surface area contributed by atoms with Gasteiger partial charge in [0.25, 0.3) is 5.91 Å². The summed E-state index contributed by atoms with van der Waals surface area (Å²) in [5, 5.41) is 6.10. The van der Waals surface area contributed by atoms with E-state index < -0.39 is 9.84 Å². The molecular weight excluding hydrogens is 328 g/mol. The number of carbonyl (C=O) groups is 1. The van der Waals surface area contributed by atoms with Crippen LogP contribution in [0.5, 0.6) is 0 Å². The molecule has 1 aliphatic heterocycles. The monoisotopic (exact) mass is 352 g/mol. The van der Waals surface area contributed by atoms with Crippen LogP contribution < -0.4 is 10.6 Å². The van der Waals surface area contributed by atoms with E-state index in [0.29, 0.717) is 24.1 Å². The summed E-state index contributed by atoms with van der Waals surface area (Å²) < 4.78 is 23.0. The zero-order chi connectivity index (χ0) is 17.2. The molecule has 1 aromatic heterocycles. The Morgan fingerprint density at radius 2 is 1.88 bits per heavy atom. The lowest BCUT2D eigenvalue weighted by atomic mass is 9.96. The van der Waals surface area contributed by atoms with Gasteiger partial charge >= 0.3 is 0 Å². The largest absolute Gasteiger partial charge is 0.351 e. The average molecular weight is 352 g/mol. The van der Waals surface area contributed by atoms with E-state index in [2.05, 4.69) is 20.6 Å². The fourth-order valence-corrected chi connectivity index (χ4v) is 5.02. The molecule has 1 amide bonds. The van der Waals surface area contributed by atoms with Gasteiger partial charge in [-0.2, -0.15) is 0 Å². The second-order valence-corrected chi connectivity index (χ2v) is 9.00. The fourth-order valence-electron chi connectivity index (χ4n) is 3.35. The minimum absolute atomic E-state index is 0.00991. The van der Waals surface area contributed by atoms with Crippen molar-refractivity contribution >= 4 is 21.7 Å². The lowest BCUT2D eigenvalue weighted by Gasteiger charge is -2.23. The Hall–Kier alpha value is -1.70. The summed E-state index contributed by atoms with van der Waals surface area (Å²) in [5.74, 6) is 0.283. The first kappa shape index (κ1) is 17.1. The van der Waals surface area contributed by atoms with E-state index >= 15 is 0 Å². The fraction of sp³-hybridized carbons (Fsp3) is 0.688. The summed E-state index contributed by atoms with van der Waals surface area (Å²) in [6.45, 7) is 1.82. The number of hydrogen-bond donors (Lipinski definition) is 2. The third kappa shape index (κ3) is 4.43. The molecule has 0 aromatic carbocycles. The SMILES string of the molecule is Cc1cc(C(=O)NC2CCS(=O)(=O)C2)nc(NC2CCCCC2)n1. The van der Waals surface area contributed by atoms with Gasteiger partial charge in [-0.3, -0.25) is 4.79 Å². The summed E-state index contributed by atoms with van der Waals surface area (Å²) in [4.78, 5) is 21.1. The van der Waals surface area contributed by atoms with Crippen LogP contribution in [0.25, 0.3) is 0 Å². The second kappa shape index (κ2) is 7.04. The predicted molar refractivity (Wildman–Crippen MR) is 91.8 cm³/mol. The molecule has 7 nitrogen and oxygen atoms in total. The maximum atomic E-state index is 12.4. The first-order chi connectivity index (χ1) is 11.4. The van der Waals surface area contributed by atoms with Crippen LogP contribution in [0.2, 0.25) is 0 Å². The molecule has 0 radical (unpaired) electrons. The third-order valence-corrected chi connectivity index (χ3v) is 6.36. The van der Waals surface area contributed by atoms with Gasteiger partial charge in [0.15, 0.2) is 9.84 Å². The highest BCUT2D eigenvalue weighted by Crippen LogP contribution is 2.20. The summed E-state index contributed by atoms with van der Waals surface area (Å²) in [6, 6.07) is 1.66. The molecule has 24 heavy (non-hydrogen) atoms. The second-order valence-electron chi connectivity index (χ2n) is 6.77. The van der Waals surface area contributed by atoms with Crippen molar-refractivity contribution in [3.8, 4) is 0 Å². The van der Waals surface area contributed by atoms with Gasteiger partial charge in [0.2, 0.25) is 5.95 Å². The van der Waals surface area contributed by atoms with Crippen LogP contribution >= 0.6 is 0 Å². The van der Waals surface area contributed by atoms with Crippen LogP contribution in [0.4, 0.5) is 5.95 Å². The number of anilines is 1. The van der Waals surface area contributed by atoms with Crippen LogP contribution in [0, 0.1) is 6.92 Å². The Morgan fingerprint density at radius 3 is 2.54 bits per heavy atom. The van der Waals surface area contributed by atoms with E-state index in [4.69, 9.17) is 0 Å². The smallest absolute Gasteiger partial charge is 0.270 e. The van der Waals surface area contributed by atoms with E-state index in [1.54, 1.807) is 6.07 Å². The molecule has 1 saturated heterocycles. The van der Waals surface area contributed by atoms with Gasteiger partial charge in [0, 0.05) is 17.8 Å². The molecule has 1 saturated carbocycles. The van der Waals surface area contributed by atoms with Gasteiger partial charge in [-0.1, -0.05) is 19.3 Å². The number of rotatable bonds is 4. The number of hydrogen-bond acceptors (Lipinski definition) is 6. The average Bonchev–Trinajstić information content (AvgIpc) is 2.86. The summed E-state index contributed by atoms with van der Waals surface area (Å²) in [6.07, 6.45) is 6.33. The number of sulfone groups is 1. The molecular formula is C16H24N4O3S. The summed E-state index contributed by atoms with van der Waals surface area (Å²) >= 11 is 0. The topological polar surface area (TPSA) is 101 Å². The normalized spacial score (nSPS) is 23.8. The first-order valence-electron chi connectivity index (χ1n) is 8.55. The highest BCUT2D eigenvalue weighted by atomic mass is 32.2. The van der Waals surface area contributed by atoms with Crippen LogP contribution in [0.3, 0.4) is 0 Å². The van der Waals surface area contributed by atoms with Gasteiger partial charge < -0.3 is 10.6 Å². The molecule has 8 heteroatoms. The number of aromatic nitrogens is 2. The number of carbonyl (C=O) groups excluding carboxylic acids is 1. The van der Waals surface area contributed by atoms with Crippen molar-refractivity contribution in [2.45, 2.75) is 57.5 Å². The van der Waals surface area contributed by atoms with Crippen LogP contribution in [0.1, 0.15) is 54.7 Å². The third-order valence-electron chi connectivity index (χ3n) is 4.59. The minimum atomic E-state index is -3.02. The standard InChI is InChI=1S/C16H24N4O3S/c1-11-9-14(15(21)18-13-7-8-24(22,23)10-13)20-16(17-11)19-12-5-3-2-4-6-12/h9,12-13H,2-8,10H2,1H3,(H,18,21)(H,17,19,20). The zero-order valence-electron chi connectivity index (χ0n) is 13.9. The maximum absolute atomic E-state index is 12.4. The Labute approximate surface area is 142 Å². The number of aryl methyl sites for hydroxylation is 1. The van der Waals surface area contributed by atoms with Crippen molar-refractivity contribution in [1.82, 2.24) is 15.3 Å². The lowest BCUT2D eigenvalue weighted by molar-refractivity contribution is 0.0936. The Kier molecular flexibility index (Phi) is 5.03. The van der Waals surface area contributed by atoms with Crippen molar-refractivity contribution < 1.29 is 13.2 Å². The molecule has 2 fully saturated rings. The van der Waals surface area contributed by atoms with Crippen LogP contribution in [-0.4, -0.2) is 47.9 Å². The van der Waals surface area contributed by atoms with Crippen molar-refractivity contribution in [2.75, 3.05) is 16.8 Å². The summed E-state index contributed by atoms with van der Waals surface area (Å²) in [5.41, 5.74) is 0.998. The minimum Gasteiger partial charge on any atom is -0.351 e. The van der Waals surface area contributed by atoms with E-state index in [1.165, 1.54) is 19.3 Å². The van der Waals surface area contributed by atoms with Gasteiger partial charge in [-0.25, -0.2) is 18.4 Å². The first-order valence-corrected chi connectivity index (χ1v) is 10.4. The van der Waals surface area contributed by atoms with Crippen LogP contribution in [0.15, 0.2) is 6.07 Å². The molecule has 0 bridgehead atoms. The lowest BCUT2D eigenvalue weighted by Crippen LogP contribution is -2.36. The van der Waals surface area contributed by atoms with E-state index in [1.807, 2.05) is 6.92 Å². The molecule has 3 rings (SSSR count). The van der Waals surface area contributed by atoms with Gasteiger partial charge in [0.05, 0.1) is 11.5 Å². The van der Waals surface area contributed by atoms with E-state index in [-0.39, 0.29) is 29.1 Å². The maximum Gasteiger partial charge on any atom is 0.270 e. The molecule has 1 aliphatic carbocycles. The highest BCUT2D eigenvalue weighted by Gasteiger charge is 2.29. The molecule has 1 unspecified atom stereocenters. The Bertz CT molecular complexity index is 714. The molecule has 2 N–H and O–H groups in total. The number of nitrogens with one attached hydrogen (secondary N) is 2. The number of amides is 1. The molecule has 2 aliphatic rings. The molecule has 1 atom stereocenters. The zero-order valence-corrected chi connectivity index (χ0v) is 14.7. The van der Waals surface area contributed by atoms with Crippen molar-refractivity contribution in [1.29, 1.82) is 0 Å². The van der Waals surface area contributed by atoms with E-state index in [0.717, 1.165) is 12.8 Å². The van der Waals surface area contributed by atoms with Gasteiger partial charge in [-0.05, 0) is 32.3 Å². The van der Waals surface area contributed by atoms with Gasteiger partial charge in [-0.15, -0.1) is 0 Å². The predicted octanol–water partition coefficient (Wildman–Crippen LogP) is 1.45. The van der Waals surface area contributed by atoms with Crippen molar-refractivity contribution in [3.05, 3.63) is 17.5 Å². The van der Waals surface area contributed by atoms with Crippen molar-refractivity contribution in [3.63, 3.8) is 0 Å². The van der Waals surface area contributed by atoms with Gasteiger partial charge in [0.1, 0.15) is 5.69 Å². The Balaban J connectivity index is 1.67. The Morgan fingerprint density at radius 1 is 1.12 bits per heavy atom. The molecule has 0 spiro atoms. The quantitative estimate of drug-likeness (QED) is 0.850. The number of nitrogens with zero attached hydrogens (tertiary/aromatic N) is 2.